The lowest BCUT2D eigenvalue weighted by Crippen LogP contribution is -2.45. The van der Waals surface area contributed by atoms with Gasteiger partial charge in [0.05, 0.1) is 11.4 Å². The molecule has 0 saturated carbocycles. The van der Waals surface area contributed by atoms with Gasteiger partial charge in [-0.1, -0.05) is 69.3 Å². The zero-order valence-electron chi connectivity index (χ0n) is 22.7. The number of fused-ring (bicyclic) bond motifs is 1. The van der Waals surface area contributed by atoms with Gasteiger partial charge in [0.1, 0.15) is 0 Å². The van der Waals surface area contributed by atoms with Crippen molar-refractivity contribution >= 4 is 29.1 Å². The van der Waals surface area contributed by atoms with Crippen molar-refractivity contribution < 1.29 is 40.7 Å². The van der Waals surface area contributed by atoms with Crippen LogP contribution < -0.4 is 16.4 Å². The lowest BCUT2D eigenvalue weighted by molar-refractivity contribution is -0.143. The van der Waals surface area contributed by atoms with Crippen LogP contribution in [0.25, 0.3) is 0 Å². The van der Waals surface area contributed by atoms with Crippen LogP contribution in [-0.4, -0.2) is 42.0 Å². The SMILES string of the molecule is CC(C)c1cccc2c1NC(=O)C(NC(=O)C(CCC(F)(F)F)CC(N)=O)N=C2c1ccccc1.CCC(F)(F)F. The van der Waals surface area contributed by atoms with E-state index in [0.29, 0.717) is 22.5 Å². The number of hydrogen-bond acceptors (Lipinski definition) is 4. The fraction of sp³-hybridized carbons (Fsp3) is 0.429. The largest absolute Gasteiger partial charge is 0.389 e. The van der Waals surface area contributed by atoms with E-state index in [1.807, 2.05) is 32.0 Å². The second kappa shape index (κ2) is 14.1. The molecule has 0 bridgehead atoms. The van der Waals surface area contributed by atoms with Crippen molar-refractivity contribution in [2.45, 2.75) is 70.9 Å². The van der Waals surface area contributed by atoms with Crippen molar-refractivity contribution in [3.05, 3.63) is 65.2 Å². The van der Waals surface area contributed by atoms with Gasteiger partial charge in [-0.25, -0.2) is 4.99 Å². The molecule has 2 unspecified atom stereocenters. The summed E-state index contributed by atoms with van der Waals surface area (Å²) >= 11 is 0. The highest BCUT2D eigenvalue weighted by Crippen LogP contribution is 2.32. The third-order valence-corrected chi connectivity index (χ3v) is 6.05. The number of carbonyl (C=O) groups excluding carboxylic acids is 3. The number of halogens is 6. The quantitative estimate of drug-likeness (QED) is 0.338. The van der Waals surface area contributed by atoms with Crippen molar-refractivity contribution in [2.75, 3.05) is 5.32 Å². The molecule has 1 aliphatic heterocycles. The molecule has 3 amide bonds. The Balaban J connectivity index is 0.000000883. The van der Waals surface area contributed by atoms with Crippen LogP contribution in [0.5, 0.6) is 0 Å². The van der Waals surface area contributed by atoms with Gasteiger partial charge in [0.15, 0.2) is 0 Å². The molecule has 3 rings (SSSR count). The molecular formula is C28H32F6N4O3. The van der Waals surface area contributed by atoms with Crippen LogP contribution in [-0.2, 0) is 14.4 Å². The number of nitrogens with one attached hydrogen (secondary N) is 2. The number of anilines is 1. The molecule has 224 valence electrons. The molecule has 13 heteroatoms. The van der Waals surface area contributed by atoms with Crippen LogP contribution in [0.3, 0.4) is 0 Å². The highest BCUT2D eigenvalue weighted by Gasteiger charge is 2.34. The number of benzodiazepines with no additional fused rings is 1. The van der Waals surface area contributed by atoms with Crippen LogP contribution in [0.15, 0.2) is 53.5 Å². The summed E-state index contributed by atoms with van der Waals surface area (Å²) in [5, 5.41) is 5.24. The van der Waals surface area contributed by atoms with Crippen molar-refractivity contribution in [1.29, 1.82) is 0 Å². The van der Waals surface area contributed by atoms with Crippen molar-refractivity contribution in [2.24, 2.45) is 16.6 Å². The topological polar surface area (TPSA) is 114 Å². The van der Waals surface area contributed by atoms with Crippen LogP contribution in [0.4, 0.5) is 32.0 Å². The first-order valence-corrected chi connectivity index (χ1v) is 12.8. The predicted octanol–water partition coefficient (Wildman–Crippen LogP) is 5.83. The Labute approximate surface area is 233 Å². The second-order valence-electron chi connectivity index (χ2n) is 9.66. The van der Waals surface area contributed by atoms with Gasteiger partial charge in [-0.2, -0.15) is 26.3 Å². The molecule has 4 N–H and O–H groups in total. The van der Waals surface area contributed by atoms with Gasteiger partial charge in [-0.05, 0) is 17.9 Å². The zero-order chi connectivity index (χ0) is 31.0. The van der Waals surface area contributed by atoms with Gasteiger partial charge < -0.3 is 16.4 Å². The summed E-state index contributed by atoms with van der Waals surface area (Å²) in [7, 11) is 0. The molecule has 0 spiro atoms. The van der Waals surface area contributed by atoms with Gasteiger partial charge in [-0.3, -0.25) is 14.4 Å². The van der Waals surface area contributed by atoms with E-state index in [-0.39, 0.29) is 5.92 Å². The third-order valence-electron chi connectivity index (χ3n) is 6.05. The van der Waals surface area contributed by atoms with E-state index in [1.165, 1.54) is 0 Å². The standard InChI is InChI=1S/C25H27F3N4O3.C3H5F3/c1-14(2)17-9-6-10-18-20(15-7-4-3-5-8-15)30-22(24(35)31-21(17)18)32-23(34)16(13-19(29)33)11-12-25(26,27)28;1-2-3(4,5)6/h3-10,14,16,22H,11-13H2,1-2H3,(H2,29,33)(H,31,35)(H,32,34);2H2,1H3. The number of carbonyl (C=O) groups is 3. The molecule has 1 heterocycles. The molecule has 2 aromatic carbocycles. The summed E-state index contributed by atoms with van der Waals surface area (Å²) in [6.07, 6.45) is -13.1. The van der Waals surface area contributed by atoms with Crippen molar-refractivity contribution in [3.8, 4) is 0 Å². The molecular weight excluding hydrogens is 554 g/mol. The number of primary amides is 1. The van der Waals surface area contributed by atoms with E-state index in [2.05, 4.69) is 15.6 Å². The Bertz CT molecular complexity index is 1240. The van der Waals surface area contributed by atoms with Gasteiger partial charge in [0.2, 0.25) is 18.0 Å². The lowest BCUT2D eigenvalue weighted by atomic mass is 9.93. The minimum atomic E-state index is -4.51. The molecule has 1 aliphatic rings. The predicted molar refractivity (Wildman–Crippen MR) is 142 cm³/mol. The second-order valence-corrected chi connectivity index (χ2v) is 9.66. The lowest BCUT2D eigenvalue weighted by Gasteiger charge is -2.20. The number of amides is 3. The maximum absolute atomic E-state index is 13.1. The van der Waals surface area contributed by atoms with E-state index in [9.17, 15) is 40.7 Å². The number of aliphatic imine (C=N–C) groups is 1. The summed E-state index contributed by atoms with van der Waals surface area (Å²) < 4.78 is 70.6. The van der Waals surface area contributed by atoms with Gasteiger partial charge in [0.25, 0.3) is 5.91 Å². The van der Waals surface area contributed by atoms with Gasteiger partial charge >= 0.3 is 12.4 Å². The third kappa shape index (κ3) is 10.5. The van der Waals surface area contributed by atoms with Gasteiger partial charge in [0, 0.05) is 36.3 Å². The number of rotatable bonds is 8. The summed E-state index contributed by atoms with van der Waals surface area (Å²) in [6, 6.07) is 14.6. The highest BCUT2D eigenvalue weighted by molar-refractivity contribution is 6.20. The average Bonchev–Trinajstić information content (AvgIpc) is 3.02. The van der Waals surface area contributed by atoms with Crippen LogP contribution >= 0.6 is 0 Å². The average molecular weight is 587 g/mol. The number of para-hydroxylation sites is 1. The first-order chi connectivity index (χ1) is 19.0. The first kappa shape index (κ1) is 33.3. The van der Waals surface area contributed by atoms with E-state index in [1.54, 1.807) is 30.3 Å². The fourth-order valence-electron chi connectivity index (χ4n) is 3.92. The highest BCUT2D eigenvalue weighted by atomic mass is 19.4. The number of nitrogens with two attached hydrogens (primary N) is 1. The van der Waals surface area contributed by atoms with E-state index >= 15 is 0 Å². The molecule has 0 radical (unpaired) electrons. The zero-order valence-corrected chi connectivity index (χ0v) is 22.7. The monoisotopic (exact) mass is 586 g/mol. The molecule has 0 aliphatic carbocycles. The number of nitrogens with zero attached hydrogens (tertiary/aromatic N) is 1. The minimum absolute atomic E-state index is 0.0655. The Morgan fingerprint density at radius 1 is 1.00 bits per heavy atom. The maximum atomic E-state index is 13.1. The molecule has 2 aromatic rings. The first-order valence-electron chi connectivity index (χ1n) is 12.8. The van der Waals surface area contributed by atoms with Crippen LogP contribution in [0.2, 0.25) is 0 Å². The maximum Gasteiger partial charge on any atom is 0.389 e. The Morgan fingerprint density at radius 3 is 2.12 bits per heavy atom. The number of alkyl halides is 6. The van der Waals surface area contributed by atoms with Gasteiger partial charge in [-0.15, -0.1) is 0 Å². The van der Waals surface area contributed by atoms with Crippen LogP contribution in [0, 0.1) is 5.92 Å². The summed E-state index contributed by atoms with van der Waals surface area (Å²) in [4.78, 5) is 41.9. The molecule has 0 saturated heterocycles. The summed E-state index contributed by atoms with van der Waals surface area (Å²) in [5.41, 5.74) is 8.35. The molecule has 2 atom stereocenters. The van der Waals surface area contributed by atoms with Crippen molar-refractivity contribution in [1.82, 2.24) is 5.32 Å². The molecule has 41 heavy (non-hydrogen) atoms. The van der Waals surface area contributed by atoms with E-state index in [0.717, 1.165) is 12.5 Å². The van der Waals surface area contributed by atoms with Crippen molar-refractivity contribution in [3.63, 3.8) is 0 Å². The van der Waals surface area contributed by atoms with E-state index < -0.39 is 67.8 Å². The van der Waals surface area contributed by atoms with Crippen LogP contribution in [0.1, 0.15) is 69.1 Å². The molecule has 0 fully saturated rings. The molecule has 0 aromatic heterocycles. The Hall–Kier alpha value is -3.90. The Kier molecular flexibility index (Phi) is 11.5. The summed E-state index contributed by atoms with van der Waals surface area (Å²) in [5.74, 6) is -3.75. The normalized spacial score (nSPS) is 15.9. The number of benzene rings is 2. The fourth-order valence-corrected chi connectivity index (χ4v) is 3.92. The summed E-state index contributed by atoms with van der Waals surface area (Å²) in [6.45, 7) is 5.03. The van der Waals surface area contributed by atoms with E-state index in [4.69, 9.17) is 5.73 Å². The minimum Gasteiger partial charge on any atom is -0.370 e. The molecule has 7 nitrogen and oxygen atoms in total. The Morgan fingerprint density at radius 2 is 1.61 bits per heavy atom. The number of hydrogen-bond donors (Lipinski definition) is 3. The smallest absolute Gasteiger partial charge is 0.370 e.